The van der Waals surface area contributed by atoms with E-state index in [0.29, 0.717) is 11.3 Å². The van der Waals surface area contributed by atoms with E-state index >= 15 is 0 Å². The molecular weight excluding hydrogens is 285 g/mol. The van der Waals surface area contributed by atoms with Crippen LogP contribution in [0.25, 0.3) is 0 Å². The molecule has 0 aliphatic heterocycles. The van der Waals surface area contributed by atoms with Gasteiger partial charge in [0.1, 0.15) is 6.61 Å². The average molecular weight is 304 g/mol. The fraction of sp³-hybridized carbons (Fsp3) is 0.500. The minimum Gasteiger partial charge on any atom is -0.382 e. The van der Waals surface area contributed by atoms with Crippen molar-refractivity contribution < 1.29 is 22.7 Å². The summed E-state index contributed by atoms with van der Waals surface area (Å²) in [6.45, 7) is 2.41. The van der Waals surface area contributed by atoms with Gasteiger partial charge in [-0.25, -0.2) is 0 Å². The monoisotopic (exact) mass is 304 g/mol. The molecular formula is C14H19F3N2O2. The van der Waals surface area contributed by atoms with E-state index in [2.05, 4.69) is 15.4 Å². The third kappa shape index (κ3) is 6.99. The highest BCUT2D eigenvalue weighted by Crippen LogP contribution is 2.16. The van der Waals surface area contributed by atoms with Gasteiger partial charge in [-0.2, -0.15) is 13.2 Å². The van der Waals surface area contributed by atoms with Crippen molar-refractivity contribution in [1.29, 1.82) is 0 Å². The molecule has 2 N–H and O–H groups in total. The number of nitrogens with one attached hydrogen (secondary N) is 2. The van der Waals surface area contributed by atoms with Crippen molar-refractivity contribution in [2.45, 2.75) is 26.1 Å². The lowest BCUT2D eigenvalue weighted by Gasteiger charge is -2.14. The van der Waals surface area contributed by atoms with Gasteiger partial charge in [0.2, 0.25) is 0 Å². The number of para-hydroxylation sites is 1. The Morgan fingerprint density at radius 2 is 1.95 bits per heavy atom. The number of alkyl halides is 3. The maximum absolute atomic E-state index is 12.0. The summed E-state index contributed by atoms with van der Waals surface area (Å²) in [5, 5.41) is 5.66. The van der Waals surface area contributed by atoms with Gasteiger partial charge in [0.25, 0.3) is 5.91 Å². The van der Waals surface area contributed by atoms with E-state index in [1.54, 1.807) is 24.3 Å². The third-order valence-corrected chi connectivity index (χ3v) is 2.41. The van der Waals surface area contributed by atoms with E-state index in [1.165, 1.54) is 0 Å². The van der Waals surface area contributed by atoms with Gasteiger partial charge in [0.15, 0.2) is 0 Å². The van der Waals surface area contributed by atoms with E-state index in [9.17, 15) is 18.0 Å². The molecule has 0 aliphatic carbocycles. The molecule has 1 amide bonds. The lowest BCUT2D eigenvalue weighted by molar-refractivity contribution is -0.173. The number of carbonyl (C=O) groups excluding carboxylic acids is 1. The number of rotatable bonds is 7. The molecule has 0 saturated heterocycles. The van der Waals surface area contributed by atoms with Crippen LogP contribution in [0, 0.1) is 0 Å². The smallest absolute Gasteiger partial charge is 0.382 e. The van der Waals surface area contributed by atoms with Crippen molar-refractivity contribution in [2.75, 3.05) is 25.1 Å². The molecule has 7 heteroatoms. The van der Waals surface area contributed by atoms with Gasteiger partial charge in [-0.15, -0.1) is 0 Å². The number of hydrogen-bond acceptors (Lipinski definition) is 3. The zero-order valence-electron chi connectivity index (χ0n) is 12.0. The minimum absolute atomic E-state index is 0.0188. The van der Waals surface area contributed by atoms with Crippen LogP contribution in [0.2, 0.25) is 0 Å². The zero-order chi connectivity index (χ0) is 15.9. The van der Waals surface area contributed by atoms with Crippen molar-refractivity contribution >= 4 is 11.6 Å². The molecule has 0 radical (unpaired) electrons. The summed E-state index contributed by atoms with van der Waals surface area (Å²) >= 11 is 0. The maximum atomic E-state index is 12.0. The second-order valence-electron chi connectivity index (χ2n) is 4.77. The van der Waals surface area contributed by atoms with Crippen molar-refractivity contribution in [3.05, 3.63) is 29.8 Å². The van der Waals surface area contributed by atoms with Crippen LogP contribution in [0.15, 0.2) is 24.3 Å². The lowest BCUT2D eigenvalue weighted by atomic mass is 10.1. The first kappa shape index (κ1) is 17.3. The number of benzene rings is 1. The van der Waals surface area contributed by atoms with Gasteiger partial charge in [-0.3, -0.25) is 4.79 Å². The molecule has 1 aromatic carbocycles. The van der Waals surface area contributed by atoms with Gasteiger partial charge in [-0.05, 0) is 26.0 Å². The summed E-state index contributed by atoms with van der Waals surface area (Å²) < 4.78 is 40.0. The number of halogens is 3. The summed E-state index contributed by atoms with van der Waals surface area (Å²) in [6.07, 6.45) is -4.35. The summed E-state index contributed by atoms with van der Waals surface area (Å²) in [7, 11) is 0. The van der Waals surface area contributed by atoms with Crippen LogP contribution in [0.1, 0.15) is 24.2 Å². The first-order chi connectivity index (χ1) is 9.79. The van der Waals surface area contributed by atoms with Crippen LogP contribution >= 0.6 is 0 Å². The third-order valence-electron chi connectivity index (χ3n) is 2.41. The molecule has 1 aromatic rings. The molecule has 4 nitrogen and oxygen atoms in total. The number of ether oxygens (including phenoxy) is 1. The number of carbonyl (C=O) groups is 1. The molecule has 0 atom stereocenters. The van der Waals surface area contributed by atoms with E-state index in [0.717, 1.165) is 0 Å². The SMILES string of the molecule is CC(C)Nc1ccccc1C(=O)NCCOCC(F)(F)F. The normalized spacial score (nSPS) is 11.5. The predicted octanol–water partition coefficient (Wildman–Crippen LogP) is 2.82. The maximum Gasteiger partial charge on any atom is 0.411 e. The van der Waals surface area contributed by atoms with Gasteiger partial charge in [0.05, 0.1) is 12.2 Å². The lowest BCUT2D eigenvalue weighted by Crippen LogP contribution is -2.29. The largest absolute Gasteiger partial charge is 0.411 e. The minimum atomic E-state index is -4.35. The Balaban J connectivity index is 2.45. The molecule has 1 rings (SSSR count). The Labute approximate surface area is 121 Å². The molecule has 0 unspecified atom stereocenters. The second-order valence-corrected chi connectivity index (χ2v) is 4.77. The molecule has 0 aliphatic rings. The fourth-order valence-corrected chi connectivity index (χ4v) is 1.64. The molecule has 0 aromatic heterocycles. The van der Waals surface area contributed by atoms with Gasteiger partial charge in [0, 0.05) is 18.3 Å². The number of amides is 1. The predicted molar refractivity (Wildman–Crippen MR) is 74.4 cm³/mol. The standard InChI is InChI=1S/C14H19F3N2O2/c1-10(2)19-12-6-4-3-5-11(12)13(20)18-7-8-21-9-14(15,16)17/h3-6,10,19H,7-9H2,1-2H3,(H,18,20). The molecule has 118 valence electrons. The quantitative estimate of drug-likeness (QED) is 0.762. The van der Waals surface area contributed by atoms with Crippen LogP contribution in [0.5, 0.6) is 0 Å². The molecule has 0 heterocycles. The topological polar surface area (TPSA) is 50.4 Å². The summed E-state index contributed by atoms with van der Waals surface area (Å²) in [5.74, 6) is -0.352. The molecule has 21 heavy (non-hydrogen) atoms. The van der Waals surface area contributed by atoms with E-state index in [1.807, 2.05) is 13.8 Å². The van der Waals surface area contributed by atoms with Crippen molar-refractivity contribution in [1.82, 2.24) is 5.32 Å². The van der Waals surface area contributed by atoms with Crippen LogP contribution in [-0.4, -0.2) is 37.9 Å². The fourth-order valence-electron chi connectivity index (χ4n) is 1.64. The highest BCUT2D eigenvalue weighted by Gasteiger charge is 2.27. The highest BCUT2D eigenvalue weighted by molar-refractivity contribution is 5.99. The first-order valence-corrected chi connectivity index (χ1v) is 6.58. The first-order valence-electron chi connectivity index (χ1n) is 6.58. The summed E-state index contributed by atoms with van der Waals surface area (Å²) in [5.41, 5.74) is 1.13. The molecule has 0 spiro atoms. The highest BCUT2D eigenvalue weighted by atomic mass is 19.4. The zero-order valence-corrected chi connectivity index (χ0v) is 12.0. The number of hydrogen-bond donors (Lipinski definition) is 2. The Bertz CT molecular complexity index is 462. The Hall–Kier alpha value is -1.76. The van der Waals surface area contributed by atoms with Crippen molar-refractivity contribution in [3.8, 4) is 0 Å². The number of anilines is 1. The molecule has 0 saturated carbocycles. The Kier molecular flexibility index (Phi) is 6.48. The van der Waals surface area contributed by atoms with Crippen LogP contribution in [0.4, 0.5) is 18.9 Å². The Morgan fingerprint density at radius 3 is 2.57 bits per heavy atom. The van der Waals surface area contributed by atoms with Crippen molar-refractivity contribution in [3.63, 3.8) is 0 Å². The summed E-state index contributed by atoms with van der Waals surface area (Å²) in [6, 6.07) is 7.11. The van der Waals surface area contributed by atoms with Crippen LogP contribution < -0.4 is 10.6 Å². The second kappa shape index (κ2) is 7.87. The molecule has 0 fully saturated rings. The van der Waals surface area contributed by atoms with Gasteiger partial charge >= 0.3 is 6.18 Å². The van der Waals surface area contributed by atoms with Crippen molar-refractivity contribution in [2.24, 2.45) is 0 Å². The van der Waals surface area contributed by atoms with E-state index in [4.69, 9.17) is 0 Å². The van der Waals surface area contributed by atoms with E-state index < -0.39 is 12.8 Å². The van der Waals surface area contributed by atoms with Gasteiger partial charge in [-0.1, -0.05) is 12.1 Å². The van der Waals surface area contributed by atoms with Crippen LogP contribution in [0.3, 0.4) is 0 Å². The molecule has 0 bridgehead atoms. The average Bonchev–Trinajstić information content (AvgIpc) is 2.36. The van der Waals surface area contributed by atoms with Crippen LogP contribution in [-0.2, 0) is 4.74 Å². The van der Waals surface area contributed by atoms with E-state index in [-0.39, 0.29) is 25.1 Å². The Morgan fingerprint density at radius 1 is 1.29 bits per heavy atom. The van der Waals surface area contributed by atoms with Gasteiger partial charge < -0.3 is 15.4 Å². The summed E-state index contributed by atoms with van der Waals surface area (Å²) in [4.78, 5) is 12.0.